The minimum absolute atomic E-state index is 0.119. The van der Waals surface area contributed by atoms with Crippen molar-refractivity contribution in [2.75, 3.05) is 6.61 Å². The van der Waals surface area contributed by atoms with Gasteiger partial charge >= 0.3 is 0 Å². The number of rotatable bonds is 5. The lowest BCUT2D eigenvalue weighted by molar-refractivity contribution is 0.0623. The van der Waals surface area contributed by atoms with Gasteiger partial charge in [-0.1, -0.05) is 41.4 Å². The molecule has 0 saturated carbocycles. The van der Waals surface area contributed by atoms with Crippen molar-refractivity contribution in [1.29, 1.82) is 0 Å². The number of aryl methyl sites for hydroxylation is 1. The molecule has 9 heteroatoms. The number of amidine groups is 1. The van der Waals surface area contributed by atoms with E-state index in [1.165, 1.54) is 0 Å². The second-order valence-corrected chi connectivity index (χ2v) is 8.37. The smallest absolute Gasteiger partial charge is 0.248 e. The predicted molar refractivity (Wildman–Crippen MR) is 124 cm³/mol. The molecule has 0 bridgehead atoms. The molecule has 5 rings (SSSR count). The molecule has 1 aliphatic heterocycles. The largest absolute Gasteiger partial charge is 0.437 e. The number of hydroxylamine groups is 1. The number of benzene rings is 2. The zero-order valence-corrected chi connectivity index (χ0v) is 18.6. The van der Waals surface area contributed by atoms with Crippen molar-refractivity contribution in [1.82, 2.24) is 20.1 Å². The summed E-state index contributed by atoms with van der Waals surface area (Å²) in [6, 6.07) is 14.9. The number of fused-ring (bicyclic) bond motifs is 1. The van der Waals surface area contributed by atoms with E-state index in [-0.39, 0.29) is 6.04 Å². The highest BCUT2D eigenvalue weighted by Gasteiger charge is 2.23. The summed E-state index contributed by atoms with van der Waals surface area (Å²) in [5.41, 5.74) is 6.50. The Morgan fingerprint density at radius 3 is 2.94 bits per heavy atom. The van der Waals surface area contributed by atoms with Gasteiger partial charge in [-0.15, -0.1) is 5.10 Å². The maximum atomic E-state index is 6.43. The molecule has 0 aliphatic carbocycles. The van der Waals surface area contributed by atoms with Crippen molar-refractivity contribution >= 4 is 34.6 Å². The van der Waals surface area contributed by atoms with Gasteiger partial charge in [0.1, 0.15) is 12.1 Å². The molecule has 7 nitrogen and oxygen atoms in total. The molecule has 0 spiro atoms. The molecule has 0 fully saturated rings. The van der Waals surface area contributed by atoms with Crippen molar-refractivity contribution in [2.24, 2.45) is 4.99 Å². The van der Waals surface area contributed by atoms with Crippen LogP contribution < -0.4 is 10.2 Å². The molecule has 32 heavy (non-hydrogen) atoms. The van der Waals surface area contributed by atoms with Crippen molar-refractivity contribution < 1.29 is 9.57 Å². The Labute approximate surface area is 194 Å². The van der Waals surface area contributed by atoms with Crippen LogP contribution in [-0.4, -0.2) is 33.1 Å². The Morgan fingerprint density at radius 1 is 1.19 bits per heavy atom. The predicted octanol–water partition coefficient (Wildman–Crippen LogP) is 5.03. The third kappa shape index (κ3) is 4.41. The van der Waals surface area contributed by atoms with E-state index in [2.05, 4.69) is 15.6 Å². The van der Waals surface area contributed by atoms with Crippen LogP contribution in [0.1, 0.15) is 16.7 Å². The van der Waals surface area contributed by atoms with Gasteiger partial charge in [0, 0.05) is 10.0 Å². The standard InChI is InChI=1S/C23H19Cl2N5O2/c1-14-5-6-15(21(25)7-14)8-17-12-31-29-22(27-17)20-10-18-11-26-13-30(18)28-23(20)32-19-4-2-3-16(24)9-19/h2-7,9-11,13,17H,8,12H2,1H3,(H,27,29)/t17-/m1/s1. The van der Waals surface area contributed by atoms with E-state index in [4.69, 9.17) is 37.8 Å². The molecule has 1 aliphatic rings. The first-order valence-electron chi connectivity index (χ1n) is 10.0. The van der Waals surface area contributed by atoms with Crippen molar-refractivity contribution in [3.63, 3.8) is 0 Å². The Balaban J connectivity index is 1.50. The third-order valence-corrected chi connectivity index (χ3v) is 5.64. The molecule has 1 atom stereocenters. The van der Waals surface area contributed by atoms with Crippen LogP contribution in [0, 0.1) is 6.92 Å². The van der Waals surface area contributed by atoms with Crippen molar-refractivity contribution in [3.05, 3.63) is 87.8 Å². The van der Waals surface area contributed by atoms with E-state index in [9.17, 15) is 0 Å². The van der Waals surface area contributed by atoms with Crippen LogP contribution in [-0.2, 0) is 11.3 Å². The molecular weight excluding hydrogens is 449 g/mol. The average molecular weight is 468 g/mol. The summed E-state index contributed by atoms with van der Waals surface area (Å²) >= 11 is 12.5. The summed E-state index contributed by atoms with van der Waals surface area (Å²) in [5, 5.41) is 5.86. The lowest BCUT2D eigenvalue weighted by atomic mass is 10.0. The van der Waals surface area contributed by atoms with Crippen molar-refractivity contribution in [3.8, 4) is 11.6 Å². The number of nitrogens with one attached hydrogen (secondary N) is 1. The van der Waals surface area contributed by atoms with E-state index in [1.54, 1.807) is 29.2 Å². The summed E-state index contributed by atoms with van der Waals surface area (Å²) in [5.74, 6) is 1.44. The number of halogens is 2. The molecule has 4 aromatic rings. The Morgan fingerprint density at radius 2 is 2.09 bits per heavy atom. The number of nitrogens with zero attached hydrogens (tertiary/aromatic N) is 4. The van der Waals surface area contributed by atoms with Crippen LogP contribution in [0.5, 0.6) is 11.6 Å². The van der Waals surface area contributed by atoms with Crippen LogP contribution in [0.3, 0.4) is 0 Å². The monoisotopic (exact) mass is 467 g/mol. The van der Waals surface area contributed by atoms with E-state index in [1.807, 2.05) is 43.3 Å². The third-order valence-electron chi connectivity index (χ3n) is 5.05. The van der Waals surface area contributed by atoms with Gasteiger partial charge in [-0.2, -0.15) is 0 Å². The molecule has 2 aromatic carbocycles. The molecule has 0 saturated heterocycles. The maximum absolute atomic E-state index is 6.43. The van der Waals surface area contributed by atoms with Gasteiger partial charge in [0.25, 0.3) is 0 Å². The van der Waals surface area contributed by atoms with Crippen LogP contribution in [0.2, 0.25) is 10.0 Å². The normalized spacial score (nSPS) is 16.0. The molecule has 0 radical (unpaired) electrons. The Hall–Kier alpha value is -3.13. The van der Waals surface area contributed by atoms with Gasteiger partial charge in [-0.3, -0.25) is 9.83 Å². The minimum atomic E-state index is -0.119. The fourth-order valence-corrected chi connectivity index (χ4v) is 3.98. The number of hydrogen-bond acceptors (Lipinski definition) is 6. The molecule has 0 amide bonds. The van der Waals surface area contributed by atoms with Crippen LogP contribution in [0.4, 0.5) is 0 Å². The molecule has 3 heterocycles. The minimum Gasteiger partial charge on any atom is -0.437 e. The molecule has 162 valence electrons. The number of aromatic nitrogens is 3. The van der Waals surface area contributed by atoms with Gasteiger partial charge in [-0.25, -0.2) is 15.0 Å². The zero-order chi connectivity index (χ0) is 22.1. The summed E-state index contributed by atoms with van der Waals surface area (Å²) < 4.78 is 7.70. The average Bonchev–Trinajstić information content (AvgIpc) is 3.23. The van der Waals surface area contributed by atoms with Crippen LogP contribution in [0.15, 0.2) is 66.0 Å². The quantitative estimate of drug-likeness (QED) is 0.445. The van der Waals surface area contributed by atoms with Crippen LogP contribution >= 0.6 is 23.2 Å². The van der Waals surface area contributed by atoms with E-state index in [0.717, 1.165) is 21.7 Å². The number of ether oxygens (including phenoxy) is 1. The van der Waals surface area contributed by atoms with Gasteiger partial charge in [0.15, 0.2) is 5.84 Å². The van der Waals surface area contributed by atoms with Gasteiger partial charge < -0.3 is 4.74 Å². The number of hydrogen-bond donors (Lipinski definition) is 1. The highest BCUT2D eigenvalue weighted by atomic mass is 35.5. The highest BCUT2D eigenvalue weighted by Crippen LogP contribution is 2.28. The fraction of sp³-hybridized carbons (Fsp3) is 0.174. The highest BCUT2D eigenvalue weighted by molar-refractivity contribution is 6.31. The summed E-state index contributed by atoms with van der Waals surface area (Å²) in [7, 11) is 0. The Kier molecular flexibility index (Phi) is 5.70. The summed E-state index contributed by atoms with van der Waals surface area (Å²) in [6.45, 7) is 2.43. The molecular formula is C23H19Cl2N5O2. The first-order chi connectivity index (χ1) is 15.5. The first-order valence-corrected chi connectivity index (χ1v) is 10.8. The van der Waals surface area contributed by atoms with Gasteiger partial charge in [-0.05, 0) is 54.8 Å². The second-order valence-electron chi connectivity index (χ2n) is 7.53. The van der Waals surface area contributed by atoms with Crippen molar-refractivity contribution in [2.45, 2.75) is 19.4 Å². The van der Waals surface area contributed by atoms with Gasteiger partial charge in [0.05, 0.1) is 29.9 Å². The SMILES string of the molecule is Cc1ccc(C[C@@H]2CONC(c3cc4cncn4nc3Oc3cccc(Cl)c3)=N2)c(Cl)c1. The Bertz CT molecular complexity index is 1320. The molecule has 2 aromatic heterocycles. The molecule has 1 N–H and O–H groups in total. The topological polar surface area (TPSA) is 73.0 Å². The summed E-state index contributed by atoms with van der Waals surface area (Å²) in [6.07, 6.45) is 3.98. The number of imidazole rings is 1. The lowest BCUT2D eigenvalue weighted by Gasteiger charge is -2.23. The van der Waals surface area contributed by atoms with Gasteiger partial charge in [0.2, 0.25) is 5.88 Å². The first kappa shape index (κ1) is 20.8. The van der Waals surface area contributed by atoms with E-state index in [0.29, 0.717) is 41.1 Å². The fourth-order valence-electron chi connectivity index (χ4n) is 3.49. The van der Waals surface area contributed by atoms with E-state index >= 15 is 0 Å². The van der Waals surface area contributed by atoms with Crippen LogP contribution in [0.25, 0.3) is 5.52 Å². The second kappa shape index (κ2) is 8.78. The number of aliphatic imine (C=N–C) groups is 1. The maximum Gasteiger partial charge on any atom is 0.248 e. The molecule has 0 unspecified atom stereocenters. The zero-order valence-electron chi connectivity index (χ0n) is 17.1. The summed E-state index contributed by atoms with van der Waals surface area (Å²) in [4.78, 5) is 14.7. The van der Waals surface area contributed by atoms with E-state index < -0.39 is 0 Å². The lowest BCUT2D eigenvalue weighted by Crippen LogP contribution is -2.37.